The highest BCUT2D eigenvalue weighted by Gasteiger charge is 2.29. The molecule has 1 aliphatic rings. The van der Waals surface area contributed by atoms with Gasteiger partial charge in [-0.3, -0.25) is 4.98 Å². The molecule has 0 fully saturated rings. The van der Waals surface area contributed by atoms with E-state index in [0.717, 1.165) is 95.8 Å². The molecule has 5 aromatic heterocycles. The van der Waals surface area contributed by atoms with Gasteiger partial charge in [0.2, 0.25) is 11.4 Å². The van der Waals surface area contributed by atoms with Gasteiger partial charge in [0.1, 0.15) is 16.7 Å². The largest absolute Gasteiger partial charge is 0.438 e. The Hall–Kier alpha value is -7.84. The molecule has 0 spiro atoms. The summed E-state index contributed by atoms with van der Waals surface area (Å²) in [5.41, 5.74) is 16.4. The van der Waals surface area contributed by atoms with Crippen LogP contribution in [0.1, 0.15) is 90.7 Å². The molecule has 0 amide bonds. The summed E-state index contributed by atoms with van der Waals surface area (Å²) in [5, 5.41) is 3.10. The van der Waals surface area contributed by atoms with E-state index >= 15 is 0 Å². The van der Waals surface area contributed by atoms with Crippen molar-refractivity contribution in [1.82, 2.24) is 29.9 Å². The van der Waals surface area contributed by atoms with Gasteiger partial charge >= 0.3 is 0 Å². The lowest BCUT2D eigenvalue weighted by Gasteiger charge is -2.22. The third kappa shape index (κ3) is 8.91. The zero-order valence-electron chi connectivity index (χ0n) is 40.8. The maximum Gasteiger partial charge on any atom is 0.246 e. The summed E-state index contributed by atoms with van der Waals surface area (Å²) < 4.78 is 11.9. The summed E-state index contributed by atoms with van der Waals surface area (Å²) in [6.07, 6.45) is 0.886. The van der Waals surface area contributed by atoms with E-state index in [2.05, 4.69) is 134 Å². The molecule has 8 heteroatoms. The minimum Gasteiger partial charge on any atom is -0.438 e. The van der Waals surface area contributed by atoms with Crippen LogP contribution in [-0.2, 0) is 22.7 Å². The van der Waals surface area contributed by atoms with Crippen molar-refractivity contribution >= 4 is 44.3 Å². The maximum absolute atomic E-state index is 6.00. The fraction of sp³-hybridized carbons (Fsp3) is 0.213. The summed E-state index contributed by atoms with van der Waals surface area (Å²) >= 11 is 0. The number of furan rings is 2. The lowest BCUT2D eigenvalue weighted by molar-refractivity contribution is 0.561. The minimum atomic E-state index is -0.120. The number of nitrogens with zero attached hydrogens (tertiary/aromatic N) is 6. The third-order valence-electron chi connectivity index (χ3n) is 12.3. The van der Waals surface area contributed by atoms with Gasteiger partial charge in [-0.25, -0.2) is 19.9 Å². The molecule has 0 radical (unpaired) electrons. The van der Waals surface area contributed by atoms with Gasteiger partial charge in [0, 0.05) is 55.7 Å². The molecule has 69 heavy (non-hydrogen) atoms. The van der Waals surface area contributed by atoms with Gasteiger partial charge < -0.3 is 8.83 Å². The first-order valence-electron chi connectivity index (χ1n) is 23.7. The fourth-order valence-corrected chi connectivity index (χ4v) is 8.94. The molecule has 11 aromatic rings. The Labute approximate surface area is 403 Å². The second-order valence-corrected chi connectivity index (χ2v) is 20.7. The summed E-state index contributed by atoms with van der Waals surface area (Å²) in [6, 6.07) is 55.2. The van der Waals surface area contributed by atoms with Crippen molar-refractivity contribution in [3.63, 3.8) is 0 Å². The molecule has 342 valence electrons. The van der Waals surface area contributed by atoms with E-state index in [0.29, 0.717) is 17.3 Å². The Morgan fingerprint density at radius 1 is 0.377 bits per heavy atom. The van der Waals surface area contributed by atoms with Crippen molar-refractivity contribution in [2.75, 3.05) is 0 Å². The van der Waals surface area contributed by atoms with Crippen molar-refractivity contribution in [3.05, 3.63) is 192 Å². The van der Waals surface area contributed by atoms with E-state index in [1.54, 1.807) is 0 Å². The topological polar surface area (TPSA) is 104 Å². The normalized spacial score (nSPS) is 12.4. The van der Waals surface area contributed by atoms with Gasteiger partial charge in [0.25, 0.3) is 0 Å². The summed E-state index contributed by atoms with van der Waals surface area (Å²) in [4.78, 5) is 29.5. The summed E-state index contributed by atoms with van der Waals surface area (Å²) in [5.74, 6) is 0.710. The van der Waals surface area contributed by atoms with Crippen LogP contribution < -0.4 is 0 Å². The summed E-state index contributed by atoms with van der Waals surface area (Å²) in [7, 11) is 0. The first kappa shape index (κ1) is 45.0. The third-order valence-corrected chi connectivity index (χ3v) is 12.3. The van der Waals surface area contributed by atoms with Crippen LogP contribution in [0.15, 0.2) is 173 Å². The molecule has 0 unspecified atom stereocenters. The predicted molar refractivity (Wildman–Crippen MR) is 281 cm³/mol. The molecule has 6 aromatic carbocycles. The number of hydrogen-bond acceptors (Lipinski definition) is 8. The molecular weight excluding hydrogens is 849 g/mol. The van der Waals surface area contributed by atoms with Crippen molar-refractivity contribution in [2.45, 2.75) is 85.0 Å². The van der Waals surface area contributed by atoms with Gasteiger partial charge in [0.05, 0.1) is 45.2 Å². The standard InChI is InChI=1S/C21H20N2.2C20H18N2O/c1-21(2,3)20-18(14-9-5-4-6-10-14)23-19-16-12-8-7-11-15(16)13-17(19)22-20;1-20(2,3)17-16-14-11-7-8-12-15(14)23-19(16)22-18(21-17)13-9-5-4-6-10-13;1-20(2,3)18-16(13-9-5-4-6-10-13)21-17-14-11-7-8-12-15(14)23-19(17)22-18/h4-12H,13H2,1-3H3;2*4-12H,1-3H3. The highest BCUT2D eigenvalue weighted by atomic mass is 16.3. The van der Waals surface area contributed by atoms with Gasteiger partial charge in [-0.2, -0.15) is 4.98 Å². The molecule has 8 nitrogen and oxygen atoms in total. The second-order valence-electron chi connectivity index (χ2n) is 20.7. The number of aromatic nitrogens is 6. The first-order valence-corrected chi connectivity index (χ1v) is 23.7. The highest BCUT2D eigenvalue weighted by Crippen LogP contribution is 2.40. The van der Waals surface area contributed by atoms with E-state index in [1.165, 1.54) is 11.1 Å². The van der Waals surface area contributed by atoms with E-state index in [9.17, 15) is 0 Å². The van der Waals surface area contributed by atoms with Crippen LogP contribution >= 0.6 is 0 Å². The van der Waals surface area contributed by atoms with Crippen molar-refractivity contribution < 1.29 is 8.83 Å². The Balaban J connectivity index is 0.000000120. The predicted octanol–water partition coefficient (Wildman–Crippen LogP) is 15.7. The lowest BCUT2D eigenvalue weighted by Crippen LogP contribution is -2.17. The number of rotatable bonds is 3. The SMILES string of the molecule is CC(C)(C)c1nc(-c2ccccc2)nc2oc3ccccc3c12.CC(C)(C)c1nc2c(nc1-c1ccccc1)-c1ccccc1C2.CC(C)(C)c1nc2oc3ccccc3c2nc1-c1ccccc1. The van der Waals surface area contributed by atoms with Crippen LogP contribution in [0.25, 0.3) is 89.4 Å². The number of para-hydroxylation sites is 2. The van der Waals surface area contributed by atoms with Crippen molar-refractivity contribution in [1.29, 1.82) is 0 Å². The number of benzene rings is 6. The van der Waals surface area contributed by atoms with Crippen LogP contribution in [0, 0.1) is 0 Å². The van der Waals surface area contributed by atoms with Gasteiger partial charge in [0.15, 0.2) is 5.82 Å². The molecule has 0 bridgehead atoms. The lowest BCUT2D eigenvalue weighted by atomic mass is 9.88. The highest BCUT2D eigenvalue weighted by molar-refractivity contribution is 6.05. The Morgan fingerprint density at radius 3 is 1.46 bits per heavy atom. The molecule has 0 N–H and O–H groups in total. The smallest absolute Gasteiger partial charge is 0.246 e. The molecule has 0 atom stereocenters. The average Bonchev–Trinajstić information content (AvgIpc) is 4.04. The molecule has 5 heterocycles. The van der Waals surface area contributed by atoms with Crippen LogP contribution in [0.5, 0.6) is 0 Å². The van der Waals surface area contributed by atoms with Crippen LogP contribution in [-0.4, -0.2) is 29.9 Å². The Kier molecular flexibility index (Phi) is 11.5. The van der Waals surface area contributed by atoms with E-state index in [4.69, 9.17) is 33.8 Å². The average molecular weight is 905 g/mol. The number of fused-ring (bicyclic) bond motifs is 9. The Morgan fingerprint density at radius 2 is 0.855 bits per heavy atom. The molecule has 12 rings (SSSR count). The molecule has 0 aliphatic heterocycles. The molecular formula is C61H56N6O2. The second kappa shape index (κ2) is 17.7. The van der Waals surface area contributed by atoms with E-state index < -0.39 is 0 Å². The van der Waals surface area contributed by atoms with E-state index in [1.807, 2.05) is 97.1 Å². The monoisotopic (exact) mass is 904 g/mol. The van der Waals surface area contributed by atoms with Gasteiger partial charge in [-0.1, -0.05) is 208 Å². The first-order chi connectivity index (χ1) is 33.1. The van der Waals surface area contributed by atoms with Gasteiger partial charge in [-0.15, -0.1) is 0 Å². The van der Waals surface area contributed by atoms with Gasteiger partial charge in [-0.05, 0) is 23.8 Å². The zero-order chi connectivity index (χ0) is 48.1. The van der Waals surface area contributed by atoms with Crippen LogP contribution in [0.3, 0.4) is 0 Å². The molecule has 0 saturated heterocycles. The quantitative estimate of drug-likeness (QED) is 0.173. The van der Waals surface area contributed by atoms with Crippen LogP contribution in [0.2, 0.25) is 0 Å². The summed E-state index contributed by atoms with van der Waals surface area (Å²) in [6.45, 7) is 19.6. The molecule has 1 aliphatic carbocycles. The van der Waals surface area contributed by atoms with Crippen molar-refractivity contribution in [2.24, 2.45) is 0 Å². The number of hydrogen-bond donors (Lipinski definition) is 0. The fourth-order valence-electron chi connectivity index (χ4n) is 8.94. The minimum absolute atomic E-state index is 0.0397. The Bertz CT molecular complexity index is 3630. The maximum atomic E-state index is 6.00. The van der Waals surface area contributed by atoms with Crippen LogP contribution in [0.4, 0.5) is 0 Å². The van der Waals surface area contributed by atoms with Crippen molar-refractivity contribution in [3.8, 4) is 45.2 Å². The molecule has 0 saturated carbocycles. The zero-order valence-corrected chi connectivity index (χ0v) is 40.8. The van der Waals surface area contributed by atoms with E-state index in [-0.39, 0.29) is 16.2 Å².